The third-order valence-corrected chi connectivity index (χ3v) is 5.10. The first-order chi connectivity index (χ1) is 16.0. The van der Waals surface area contributed by atoms with E-state index in [0.29, 0.717) is 42.0 Å². The summed E-state index contributed by atoms with van der Waals surface area (Å²) in [6, 6.07) is 8.59. The van der Waals surface area contributed by atoms with Gasteiger partial charge in [0.1, 0.15) is 5.75 Å². The van der Waals surface area contributed by atoms with E-state index < -0.39 is 12.7 Å². The summed E-state index contributed by atoms with van der Waals surface area (Å²) in [6.07, 6.45) is 1.17. The Kier molecular flexibility index (Phi) is 6.78. The Morgan fingerprint density at radius 3 is 2.52 bits per heavy atom. The third kappa shape index (κ3) is 5.25. The van der Waals surface area contributed by atoms with Crippen LogP contribution in [0.2, 0.25) is 0 Å². The number of rotatable bonds is 7. The number of alkyl halides is 1. The van der Waals surface area contributed by atoms with Crippen molar-refractivity contribution in [3.63, 3.8) is 0 Å². The first-order valence-corrected chi connectivity index (χ1v) is 10.5. The van der Waals surface area contributed by atoms with Crippen molar-refractivity contribution < 1.29 is 18.3 Å². The third-order valence-electron chi connectivity index (χ3n) is 5.10. The number of ether oxygens (including phenoxy) is 2. The van der Waals surface area contributed by atoms with Crippen molar-refractivity contribution in [2.24, 2.45) is 0 Å². The lowest BCUT2D eigenvalue weighted by molar-refractivity contribution is -0.00572. The van der Waals surface area contributed by atoms with E-state index in [9.17, 15) is 8.78 Å². The number of hydrogen-bond donors (Lipinski definition) is 2. The number of nitrogens with zero attached hydrogens (tertiary/aromatic N) is 5. The van der Waals surface area contributed by atoms with Crippen LogP contribution in [0, 0.1) is 5.82 Å². The van der Waals surface area contributed by atoms with Gasteiger partial charge in [0, 0.05) is 25.7 Å². The molecule has 3 heterocycles. The zero-order valence-corrected chi connectivity index (χ0v) is 18.5. The Morgan fingerprint density at radius 1 is 1.12 bits per heavy atom. The van der Waals surface area contributed by atoms with Gasteiger partial charge in [-0.2, -0.15) is 4.98 Å². The predicted molar refractivity (Wildman–Crippen MR) is 121 cm³/mol. The molecule has 0 bridgehead atoms. The smallest absolute Gasteiger partial charge is 0.228 e. The molecule has 11 heteroatoms. The van der Waals surface area contributed by atoms with Crippen LogP contribution in [-0.4, -0.2) is 59.4 Å². The van der Waals surface area contributed by atoms with Gasteiger partial charge in [-0.05, 0) is 37.6 Å². The second-order valence-corrected chi connectivity index (χ2v) is 7.67. The fourth-order valence-corrected chi connectivity index (χ4v) is 3.71. The minimum Gasteiger partial charge on any atom is -0.463 e. The van der Waals surface area contributed by atoms with Crippen molar-refractivity contribution in [3.8, 4) is 16.9 Å². The van der Waals surface area contributed by atoms with E-state index in [0.717, 1.165) is 11.8 Å². The second-order valence-electron chi connectivity index (χ2n) is 7.67. The Morgan fingerprint density at radius 2 is 1.85 bits per heavy atom. The van der Waals surface area contributed by atoms with Gasteiger partial charge in [-0.25, -0.2) is 13.8 Å². The van der Waals surface area contributed by atoms with Crippen LogP contribution in [0.3, 0.4) is 0 Å². The summed E-state index contributed by atoms with van der Waals surface area (Å²) in [5.74, 6) is 1.04. The van der Waals surface area contributed by atoms with Crippen LogP contribution in [0.1, 0.15) is 13.8 Å². The molecule has 9 nitrogen and oxygen atoms in total. The van der Waals surface area contributed by atoms with E-state index in [1.165, 1.54) is 0 Å². The molecule has 174 valence electrons. The molecule has 1 fully saturated rings. The molecule has 0 radical (unpaired) electrons. The van der Waals surface area contributed by atoms with Crippen molar-refractivity contribution >= 4 is 23.4 Å². The number of aromatic nitrogens is 4. The van der Waals surface area contributed by atoms with Gasteiger partial charge in [0.2, 0.25) is 12.8 Å². The van der Waals surface area contributed by atoms with Crippen LogP contribution >= 0.6 is 0 Å². The van der Waals surface area contributed by atoms with E-state index in [2.05, 4.69) is 30.8 Å². The van der Waals surface area contributed by atoms with Crippen LogP contribution in [0.15, 0.2) is 36.5 Å². The monoisotopic (exact) mass is 457 g/mol. The van der Waals surface area contributed by atoms with Gasteiger partial charge in [-0.3, -0.25) is 0 Å². The lowest BCUT2D eigenvalue weighted by Crippen LogP contribution is -2.46. The molecule has 1 aromatic carbocycles. The summed E-state index contributed by atoms with van der Waals surface area (Å²) in [5.41, 5.74) is 1.51. The molecule has 0 amide bonds. The van der Waals surface area contributed by atoms with Gasteiger partial charge in [-0.1, -0.05) is 12.1 Å². The zero-order chi connectivity index (χ0) is 23.4. The largest absolute Gasteiger partial charge is 0.463 e. The van der Waals surface area contributed by atoms with Gasteiger partial charge in [-0.15, -0.1) is 10.2 Å². The fraction of sp³-hybridized carbons (Fsp3) is 0.364. The van der Waals surface area contributed by atoms with Gasteiger partial charge in [0.15, 0.2) is 23.3 Å². The number of halogens is 2. The predicted octanol–water partition coefficient (Wildman–Crippen LogP) is 3.78. The highest BCUT2D eigenvalue weighted by Gasteiger charge is 2.25. The average Bonchev–Trinajstić information content (AvgIpc) is 2.80. The molecule has 33 heavy (non-hydrogen) atoms. The molecule has 0 unspecified atom stereocenters. The van der Waals surface area contributed by atoms with E-state index in [4.69, 9.17) is 9.47 Å². The number of benzene rings is 1. The maximum Gasteiger partial charge on any atom is 0.228 e. The number of nitrogens with one attached hydrogen (secondary N) is 2. The molecular formula is C22H25F2N7O2. The molecule has 0 spiro atoms. The number of morpholine rings is 1. The normalized spacial score (nSPS) is 18.2. The lowest BCUT2D eigenvalue weighted by atomic mass is 10.1. The standard InChI is InChI=1S/C22H25F2N7O2/c1-13-10-31(11-14(2)33-13)22-26-9-18(24)21(28-22)27-19-8-17(20(25-3)30-29-19)15-4-6-16(7-5-15)32-12-23/h4-9,13-14H,10-12H2,1-3H3,(H,25,30)(H,26,27,28,29)/t13-,14+. The molecular weight excluding hydrogens is 432 g/mol. The topological polar surface area (TPSA) is 97.3 Å². The van der Waals surface area contributed by atoms with Crippen LogP contribution < -0.4 is 20.3 Å². The van der Waals surface area contributed by atoms with Crippen molar-refractivity contribution in [2.45, 2.75) is 26.1 Å². The highest BCUT2D eigenvalue weighted by molar-refractivity contribution is 5.78. The maximum atomic E-state index is 14.5. The molecule has 4 rings (SSSR count). The molecule has 2 N–H and O–H groups in total. The van der Waals surface area contributed by atoms with E-state index in [1.54, 1.807) is 37.4 Å². The first kappa shape index (κ1) is 22.6. The van der Waals surface area contributed by atoms with Gasteiger partial charge < -0.3 is 25.0 Å². The molecule has 1 aliphatic heterocycles. The Labute approximate surface area is 190 Å². The highest BCUT2D eigenvalue weighted by atomic mass is 19.1. The first-order valence-electron chi connectivity index (χ1n) is 10.5. The van der Waals surface area contributed by atoms with E-state index >= 15 is 0 Å². The van der Waals surface area contributed by atoms with Crippen LogP contribution in [-0.2, 0) is 4.74 Å². The average molecular weight is 457 g/mol. The molecule has 2 atom stereocenters. The van der Waals surface area contributed by atoms with Gasteiger partial charge >= 0.3 is 0 Å². The van der Waals surface area contributed by atoms with Gasteiger partial charge in [0.25, 0.3) is 0 Å². The summed E-state index contributed by atoms with van der Waals surface area (Å²) >= 11 is 0. The van der Waals surface area contributed by atoms with E-state index in [-0.39, 0.29) is 18.0 Å². The summed E-state index contributed by atoms with van der Waals surface area (Å²) in [5, 5.41) is 14.2. The molecule has 3 aromatic rings. The summed E-state index contributed by atoms with van der Waals surface area (Å²) in [6.45, 7) is 4.27. The van der Waals surface area contributed by atoms with Crippen LogP contribution in [0.4, 0.5) is 32.2 Å². The minimum atomic E-state index is -0.902. The molecule has 0 saturated carbocycles. The van der Waals surface area contributed by atoms with Gasteiger partial charge in [0.05, 0.1) is 18.4 Å². The minimum absolute atomic E-state index is 0.00375. The summed E-state index contributed by atoms with van der Waals surface area (Å²) in [4.78, 5) is 10.5. The Bertz CT molecular complexity index is 1090. The van der Waals surface area contributed by atoms with Crippen LogP contribution in [0.25, 0.3) is 11.1 Å². The Balaban J connectivity index is 1.61. The maximum absolute atomic E-state index is 14.5. The van der Waals surface area contributed by atoms with Crippen molar-refractivity contribution in [1.29, 1.82) is 0 Å². The highest BCUT2D eigenvalue weighted by Crippen LogP contribution is 2.30. The summed E-state index contributed by atoms with van der Waals surface area (Å²) in [7, 11) is 1.72. The van der Waals surface area contributed by atoms with Crippen molar-refractivity contribution in [2.75, 3.05) is 42.5 Å². The quantitative estimate of drug-likeness (QED) is 0.549. The van der Waals surface area contributed by atoms with E-state index in [1.807, 2.05) is 18.7 Å². The molecule has 0 aliphatic carbocycles. The number of hydrogen-bond acceptors (Lipinski definition) is 9. The van der Waals surface area contributed by atoms with Crippen molar-refractivity contribution in [1.82, 2.24) is 20.2 Å². The SMILES string of the molecule is CNc1nnc(Nc2nc(N3C[C@@H](C)O[C@@H](C)C3)ncc2F)cc1-c1ccc(OCF)cc1. The molecule has 1 saturated heterocycles. The fourth-order valence-electron chi connectivity index (χ4n) is 3.71. The summed E-state index contributed by atoms with van der Waals surface area (Å²) < 4.78 is 37.5. The Hall–Kier alpha value is -3.60. The molecule has 2 aromatic heterocycles. The van der Waals surface area contributed by atoms with Crippen molar-refractivity contribution in [3.05, 3.63) is 42.3 Å². The second kappa shape index (κ2) is 9.90. The molecule has 1 aliphatic rings. The zero-order valence-electron chi connectivity index (χ0n) is 18.5. The lowest BCUT2D eigenvalue weighted by Gasteiger charge is -2.35. The van der Waals surface area contributed by atoms with Crippen LogP contribution in [0.5, 0.6) is 5.75 Å². The number of anilines is 4.